The molecule has 1 aromatic rings. The molecule has 0 bridgehead atoms. The molecule has 0 aromatic heterocycles. The fourth-order valence-electron chi connectivity index (χ4n) is 3.32. The summed E-state index contributed by atoms with van der Waals surface area (Å²) in [7, 11) is 0.170. The molecule has 3 aliphatic rings. The monoisotopic (exact) mass is 365 g/mol. The molecule has 1 N–H and O–H groups in total. The van der Waals surface area contributed by atoms with Crippen molar-refractivity contribution in [1.29, 1.82) is 0 Å². The minimum absolute atomic E-state index is 0.189. The predicted octanol–water partition coefficient (Wildman–Crippen LogP) is 1.59. The van der Waals surface area contributed by atoms with Gasteiger partial charge in [-0.3, -0.25) is 0 Å². The molecule has 0 radical (unpaired) electrons. The number of anilines is 2. The van der Waals surface area contributed by atoms with Gasteiger partial charge in [-0.1, -0.05) is 0 Å². The Morgan fingerprint density at radius 1 is 1.20 bits per heavy atom. The molecule has 2 fully saturated rings. The summed E-state index contributed by atoms with van der Waals surface area (Å²) in [4.78, 5) is 17.5. The molecule has 1 saturated carbocycles. The number of carbonyl (C=O) groups is 1. The number of aliphatic carboxylic acids is 1. The number of benzene rings is 1. The van der Waals surface area contributed by atoms with E-state index in [1.54, 1.807) is 6.07 Å². The summed E-state index contributed by atoms with van der Waals surface area (Å²) in [6, 6.07) is 3.20. The Balaban J connectivity index is 1.76. The highest BCUT2D eigenvalue weighted by Crippen LogP contribution is 2.42. The van der Waals surface area contributed by atoms with E-state index >= 15 is 0 Å². The minimum atomic E-state index is -1.87. The summed E-state index contributed by atoms with van der Waals surface area (Å²) in [6.45, 7) is 3.18. The first-order valence-corrected chi connectivity index (χ1v) is 9.53. The van der Waals surface area contributed by atoms with Crippen LogP contribution in [0.3, 0.4) is 0 Å². The van der Waals surface area contributed by atoms with Gasteiger partial charge in [0.05, 0.1) is 27.1 Å². The number of hydrogen-bond acceptors (Lipinski definition) is 5. The van der Waals surface area contributed by atoms with Crippen molar-refractivity contribution in [2.24, 2.45) is 0 Å². The van der Waals surface area contributed by atoms with Gasteiger partial charge in [-0.15, -0.1) is 0 Å². The van der Waals surface area contributed by atoms with Gasteiger partial charge < -0.3 is 19.8 Å². The van der Waals surface area contributed by atoms with Crippen molar-refractivity contribution >= 4 is 28.1 Å². The molecule has 4 rings (SSSR count). The largest absolute Gasteiger partial charge is 0.477 e. The fraction of sp³-hybridized carbons (Fsp3) is 0.471. The third kappa shape index (κ3) is 2.93. The van der Waals surface area contributed by atoms with Gasteiger partial charge in [0.1, 0.15) is 10.7 Å². The number of carboxylic acid groups (broad SMARTS) is 1. The third-order valence-electron chi connectivity index (χ3n) is 4.96. The standard InChI is InChI=1S/C17H20FN3O3S/c1-19-4-6-20(7-5-19)13-9-14-15(8-12(13)18)25(24)16(17(22)23)10-21(14)11-2-3-11/h8-11H,2-7H2,1H3,(H,22,23). The average Bonchev–Trinajstić information content (AvgIpc) is 3.41. The van der Waals surface area contributed by atoms with Gasteiger partial charge in [-0.2, -0.15) is 0 Å². The first kappa shape index (κ1) is 16.5. The van der Waals surface area contributed by atoms with Crippen LogP contribution in [0.4, 0.5) is 15.8 Å². The maximum absolute atomic E-state index is 14.7. The van der Waals surface area contributed by atoms with E-state index in [1.165, 1.54) is 12.3 Å². The summed E-state index contributed by atoms with van der Waals surface area (Å²) in [5.74, 6) is -1.67. The first-order chi connectivity index (χ1) is 12.0. The molecule has 6 nitrogen and oxygen atoms in total. The van der Waals surface area contributed by atoms with Crippen LogP contribution in [0, 0.1) is 5.82 Å². The summed E-state index contributed by atoms with van der Waals surface area (Å²) >= 11 is 0. The summed E-state index contributed by atoms with van der Waals surface area (Å²) in [5.41, 5.74) is 1.17. The Hall–Kier alpha value is -1.93. The zero-order valence-corrected chi connectivity index (χ0v) is 14.8. The van der Waals surface area contributed by atoms with Gasteiger partial charge in [0.25, 0.3) is 0 Å². The average molecular weight is 365 g/mol. The van der Waals surface area contributed by atoms with Crippen molar-refractivity contribution in [1.82, 2.24) is 4.90 Å². The van der Waals surface area contributed by atoms with Crippen molar-refractivity contribution in [3.05, 3.63) is 29.1 Å². The third-order valence-corrected chi connectivity index (χ3v) is 6.36. The number of halogens is 1. The quantitative estimate of drug-likeness (QED) is 0.878. The molecule has 1 aliphatic carbocycles. The lowest BCUT2D eigenvalue weighted by molar-refractivity contribution is -0.131. The Morgan fingerprint density at radius 3 is 2.48 bits per heavy atom. The second-order valence-electron chi connectivity index (χ2n) is 6.77. The number of carboxylic acids is 1. The van der Waals surface area contributed by atoms with E-state index in [9.17, 15) is 18.5 Å². The van der Waals surface area contributed by atoms with Gasteiger partial charge in [0.2, 0.25) is 0 Å². The van der Waals surface area contributed by atoms with Crippen LogP contribution in [-0.4, -0.2) is 59.5 Å². The molecule has 2 aliphatic heterocycles. The van der Waals surface area contributed by atoms with Crippen LogP contribution >= 0.6 is 0 Å². The number of piperazine rings is 1. The number of fused-ring (bicyclic) bond motifs is 1. The van der Waals surface area contributed by atoms with E-state index in [1.807, 2.05) is 16.8 Å². The molecular weight excluding hydrogens is 345 g/mol. The lowest BCUT2D eigenvalue weighted by atomic mass is 10.2. The normalized spacial score (nSPS) is 24.1. The van der Waals surface area contributed by atoms with E-state index in [-0.39, 0.29) is 15.8 Å². The van der Waals surface area contributed by atoms with Crippen molar-refractivity contribution in [2.45, 2.75) is 23.8 Å². The van der Waals surface area contributed by atoms with E-state index < -0.39 is 22.6 Å². The van der Waals surface area contributed by atoms with Crippen LogP contribution in [0.25, 0.3) is 0 Å². The Kier molecular flexibility index (Phi) is 4.04. The van der Waals surface area contributed by atoms with Crippen LogP contribution in [0.1, 0.15) is 12.8 Å². The molecule has 1 atom stereocenters. The summed E-state index contributed by atoms with van der Waals surface area (Å²) in [6.07, 6.45) is 3.37. The van der Waals surface area contributed by atoms with Crippen LogP contribution in [0.2, 0.25) is 0 Å². The molecule has 0 spiro atoms. The smallest absolute Gasteiger partial charge is 0.346 e. The molecule has 25 heavy (non-hydrogen) atoms. The van der Waals surface area contributed by atoms with Crippen LogP contribution < -0.4 is 9.80 Å². The molecule has 1 unspecified atom stereocenters. The van der Waals surface area contributed by atoms with E-state index in [4.69, 9.17) is 0 Å². The summed E-state index contributed by atoms with van der Waals surface area (Å²) in [5, 5.41) is 9.31. The van der Waals surface area contributed by atoms with Crippen molar-refractivity contribution in [3.8, 4) is 0 Å². The highest BCUT2D eigenvalue weighted by Gasteiger charge is 2.37. The van der Waals surface area contributed by atoms with E-state index in [2.05, 4.69) is 4.90 Å². The zero-order valence-electron chi connectivity index (χ0n) is 13.9. The van der Waals surface area contributed by atoms with Gasteiger partial charge in [0.15, 0.2) is 0 Å². The lowest BCUT2D eigenvalue weighted by Crippen LogP contribution is -2.45. The topological polar surface area (TPSA) is 64.1 Å². The second-order valence-corrected chi connectivity index (χ2v) is 8.18. The number of likely N-dealkylation sites (N-methyl/N-ethyl adjacent to an activating group) is 1. The Labute approximate surface area is 148 Å². The van der Waals surface area contributed by atoms with Crippen LogP contribution in [0.5, 0.6) is 0 Å². The van der Waals surface area contributed by atoms with Gasteiger partial charge in [0, 0.05) is 38.4 Å². The zero-order chi connectivity index (χ0) is 17.7. The molecule has 8 heteroatoms. The minimum Gasteiger partial charge on any atom is -0.477 e. The SMILES string of the molecule is CN1CCN(c2cc3c(cc2F)S(=O)C(C(=O)O)=CN3C2CC2)CC1. The van der Waals surface area contributed by atoms with Crippen molar-refractivity contribution in [2.75, 3.05) is 43.0 Å². The van der Waals surface area contributed by atoms with Crippen LogP contribution in [-0.2, 0) is 15.6 Å². The van der Waals surface area contributed by atoms with Crippen molar-refractivity contribution in [3.63, 3.8) is 0 Å². The highest BCUT2D eigenvalue weighted by molar-refractivity contribution is 7.90. The molecule has 134 valence electrons. The molecule has 1 aromatic carbocycles. The van der Waals surface area contributed by atoms with E-state index in [0.29, 0.717) is 11.4 Å². The number of rotatable bonds is 3. The van der Waals surface area contributed by atoms with Crippen LogP contribution in [0.15, 0.2) is 28.1 Å². The fourth-order valence-corrected chi connectivity index (χ4v) is 4.49. The second kappa shape index (κ2) is 6.10. The van der Waals surface area contributed by atoms with Crippen molar-refractivity contribution < 1.29 is 18.5 Å². The highest BCUT2D eigenvalue weighted by atomic mass is 32.2. The first-order valence-electron chi connectivity index (χ1n) is 8.38. The Morgan fingerprint density at radius 2 is 1.88 bits per heavy atom. The molecule has 2 heterocycles. The predicted molar refractivity (Wildman–Crippen MR) is 93.7 cm³/mol. The number of nitrogens with zero attached hydrogens (tertiary/aromatic N) is 3. The van der Waals surface area contributed by atoms with Gasteiger partial charge in [-0.25, -0.2) is 13.4 Å². The van der Waals surface area contributed by atoms with Gasteiger partial charge >= 0.3 is 5.97 Å². The maximum atomic E-state index is 14.7. The van der Waals surface area contributed by atoms with Gasteiger partial charge in [-0.05, 0) is 32.0 Å². The molecular formula is C17H20FN3O3S. The van der Waals surface area contributed by atoms with E-state index in [0.717, 1.165) is 39.0 Å². The summed E-state index contributed by atoms with van der Waals surface area (Å²) < 4.78 is 27.3. The molecule has 1 saturated heterocycles. The number of hydrogen-bond donors (Lipinski definition) is 1. The molecule has 0 amide bonds. The Bertz CT molecular complexity index is 786. The lowest BCUT2D eigenvalue weighted by Gasteiger charge is -2.35. The maximum Gasteiger partial charge on any atom is 0.346 e.